The van der Waals surface area contributed by atoms with E-state index < -0.39 is 99.2 Å². The summed E-state index contributed by atoms with van der Waals surface area (Å²) in [6, 6.07) is 0. The highest BCUT2D eigenvalue weighted by Crippen LogP contribution is 2.53. The minimum Gasteiger partial charge on any atom is -0.462 e. The molecule has 1 saturated carbocycles. The molecule has 1 aliphatic carbocycles. The van der Waals surface area contributed by atoms with Crippen molar-refractivity contribution in [3.63, 3.8) is 0 Å². The lowest BCUT2D eigenvalue weighted by Crippen LogP contribution is -2.65. The molecule has 71 heavy (non-hydrogen) atoms. The van der Waals surface area contributed by atoms with Crippen LogP contribution in [-0.2, 0) is 59.9 Å². The molecule has 0 spiro atoms. The van der Waals surface area contributed by atoms with Gasteiger partial charge in [0.2, 0.25) is 0 Å². The first kappa shape index (κ1) is 67.8. The van der Waals surface area contributed by atoms with E-state index >= 15 is 0 Å². The number of hydrogen-bond donors (Lipinski definition) is 9. The zero-order valence-electron chi connectivity index (χ0n) is 41.7. The first-order chi connectivity index (χ1) is 33.5. The molecule has 6 unspecified atom stereocenters. The lowest BCUT2D eigenvalue weighted by Gasteiger charge is -2.45. The number of carbonyl (C=O) groups is 2. The summed E-state index contributed by atoms with van der Waals surface area (Å²) in [5.41, 5.74) is 0. The number of rotatable bonds is 44. The van der Waals surface area contributed by atoms with Crippen molar-refractivity contribution in [2.24, 2.45) is 0 Å². The van der Waals surface area contributed by atoms with E-state index in [0.29, 0.717) is 19.3 Å². The summed E-state index contributed by atoms with van der Waals surface area (Å²) >= 11 is 0. The Labute approximate surface area is 420 Å². The fourth-order valence-electron chi connectivity index (χ4n) is 7.78. The van der Waals surface area contributed by atoms with Gasteiger partial charge in [0.25, 0.3) is 0 Å². The largest absolute Gasteiger partial charge is 0.472 e. The molecule has 1 fully saturated rings. The average Bonchev–Trinajstić information content (AvgIpc) is 3.27. The number of aliphatic hydroxyl groups excluding tert-OH is 2. The number of aliphatic hydroxyl groups is 2. The number of ether oxygens (including phenoxy) is 2. The van der Waals surface area contributed by atoms with Crippen molar-refractivity contribution in [1.29, 1.82) is 0 Å². The normalized spacial score (nSPS) is 21.5. The Hall–Kier alpha value is -1.22. The fraction of sp³-hybridized carbons (Fsp3) is 0.867. The molecule has 8 atom stereocenters. The second-order valence-corrected chi connectivity index (χ2v) is 22.9. The third-order valence-corrected chi connectivity index (χ3v) is 14.0. The molecule has 0 radical (unpaired) electrons. The number of esters is 2. The van der Waals surface area contributed by atoms with E-state index in [2.05, 4.69) is 51.7 Å². The molecule has 0 saturated heterocycles. The summed E-state index contributed by atoms with van der Waals surface area (Å²) in [6.45, 7) is 2.74. The van der Waals surface area contributed by atoms with Crippen molar-refractivity contribution in [1.82, 2.24) is 0 Å². The van der Waals surface area contributed by atoms with Crippen LogP contribution in [0.15, 0.2) is 24.3 Å². The topological polar surface area (TPSA) is 349 Å². The van der Waals surface area contributed by atoms with E-state index in [9.17, 15) is 72.3 Å². The summed E-state index contributed by atoms with van der Waals surface area (Å²) in [7, 11) is -23.0. The van der Waals surface area contributed by atoms with Crippen LogP contribution in [0.5, 0.6) is 0 Å². The maximum Gasteiger partial charge on any atom is 0.472 e. The van der Waals surface area contributed by atoms with Gasteiger partial charge in [-0.15, -0.1) is 0 Å². The molecular formula is C45H86O22P4. The Kier molecular flexibility index (Phi) is 36.6. The summed E-state index contributed by atoms with van der Waals surface area (Å²) in [5.74, 6) is -1.41. The number of phosphoric acid groups is 4. The number of hydrogen-bond acceptors (Lipinski definition) is 15. The van der Waals surface area contributed by atoms with Crippen LogP contribution in [0.2, 0.25) is 0 Å². The molecule has 0 aromatic rings. The first-order valence-corrected chi connectivity index (χ1v) is 31.5. The Morgan fingerprint density at radius 2 is 0.775 bits per heavy atom. The molecule has 0 amide bonds. The molecule has 0 bridgehead atoms. The lowest BCUT2D eigenvalue weighted by atomic mass is 9.85. The van der Waals surface area contributed by atoms with Crippen molar-refractivity contribution in [2.45, 2.75) is 236 Å². The highest BCUT2D eigenvalue weighted by molar-refractivity contribution is 7.47. The first-order valence-electron chi connectivity index (χ1n) is 25.4. The minimum absolute atomic E-state index is 0.0296. The van der Waals surface area contributed by atoms with Gasteiger partial charge in [-0.25, -0.2) is 18.3 Å². The summed E-state index contributed by atoms with van der Waals surface area (Å²) in [6.07, 6.45) is 18.1. The van der Waals surface area contributed by atoms with Crippen LogP contribution in [0.25, 0.3) is 0 Å². The van der Waals surface area contributed by atoms with E-state index in [1.807, 2.05) is 0 Å². The minimum atomic E-state index is -5.79. The van der Waals surface area contributed by atoms with E-state index in [0.717, 1.165) is 96.3 Å². The molecule has 418 valence electrons. The highest BCUT2D eigenvalue weighted by Gasteiger charge is 2.59. The third-order valence-electron chi connectivity index (χ3n) is 11.5. The van der Waals surface area contributed by atoms with Crippen LogP contribution in [0.4, 0.5) is 0 Å². The maximum absolute atomic E-state index is 13.3. The van der Waals surface area contributed by atoms with Gasteiger partial charge in [0, 0.05) is 12.8 Å². The van der Waals surface area contributed by atoms with Gasteiger partial charge in [-0.3, -0.25) is 32.2 Å². The van der Waals surface area contributed by atoms with Crippen molar-refractivity contribution in [2.75, 3.05) is 13.2 Å². The van der Waals surface area contributed by atoms with Crippen LogP contribution in [0.3, 0.4) is 0 Å². The van der Waals surface area contributed by atoms with Crippen LogP contribution >= 0.6 is 31.3 Å². The molecular weight excluding hydrogens is 1020 g/mol. The van der Waals surface area contributed by atoms with Crippen LogP contribution in [0, 0.1) is 0 Å². The molecule has 0 aromatic carbocycles. The second kappa shape index (κ2) is 38.3. The number of carbonyl (C=O) groups excluding carboxylic acids is 2. The molecule has 9 N–H and O–H groups in total. The average molecular weight is 1100 g/mol. The van der Waals surface area contributed by atoms with Crippen molar-refractivity contribution >= 4 is 43.2 Å². The number of unbranched alkanes of at least 4 members (excludes halogenated alkanes) is 22. The lowest BCUT2D eigenvalue weighted by molar-refractivity contribution is -0.209. The number of phosphoric ester groups is 4. The Bertz CT molecular complexity index is 1650. The van der Waals surface area contributed by atoms with Gasteiger partial charge >= 0.3 is 43.2 Å². The van der Waals surface area contributed by atoms with Gasteiger partial charge < -0.3 is 53.9 Å². The van der Waals surface area contributed by atoms with E-state index in [-0.39, 0.29) is 12.8 Å². The van der Waals surface area contributed by atoms with Crippen LogP contribution < -0.4 is 0 Å². The molecule has 0 heterocycles. The van der Waals surface area contributed by atoms with Gasteiger partial charge in [0.1, 0.15) is 43.2 Å². The van der Waals surface area contributed by atoms with Crippen molar-refractivity contribution < 1.29 is 104 Å². The predicted molar refractivity (Wildman–Crippen MR) is 263 cm³/mol. The molecule has 1 aliphatic rings. The zero-order chi connectivity index (χ0) is 53.2. The monoisotopic (exact) mass is 1100 g/mol. The molecule has 0 aliphatic heterocycles. The maximum atomic E-state index is 13.3. The van der Waals surface area contributed by atoms with Gasteiger partial charge in [0.05, 0.1) is 6.61 Å². The van der Waals surface area contributed by atoms with E-state index in [1.165, 1.54) is 51.4 Å². The summed E-state index contributed by atoms with van der Waals surface area (Å²) in [5, 5.41) is 21.9. The molecule has 0 aromatic heterocycles. The summed E-state index contributed by atoms with van der Waals surface area (Å²) in [4.78, 5) is 92.9. The third kappa shape index (κ3) is 36.4. The van der Waals surface area contributed by atoms with Gasteiger partial charge in [-0.2, -0.15) is 0 Å². The van der Waals surface area contributed by atoms with E-state index in [4.69, 9.17) is 18.5 Å². The fourth-order valence-corrected chi connectivity index (χ4v) is 10.4. The summed E-state index contributed by atoms with van der Waals surface area (Å²) < 4.78 is 82.2. The predicted octanol–water partition coefficient (Wildman–Crippen LogP) is 9.19. The van der Waals surface area contributed by atoms with Gasteiger partial charge in [-0.1, -0.05) is 141 Å². The smallest absolute Gasteiger partial charge is 0.462 e. The SMILES string of the molecule is CCCCCC/C=C\CCCCCCCCCC(=O)OC[C@H](COP(=O)(O)OC1C(O)C(OP(=O)(O)O)C(OP(=O)(O)O)[C@@H](OP(=O)(O)O)C1O)OC(=O)CCCCCCCCC/C=C\CCCCCC. The molecule has 22 nitrogen and oxygen atoms in total. The standard InChI is InChI=1S/C45H86O22P4/c1-3-5-7-9-11-13-15-17-19-21-23-25-27-29-31-33-38(46)61-35-37(63-39(47)34-32-30-28-26-24-22-20-18-16-14-12-10-8-6-4-2)36-62-71(59,60)67-42-40(48)43(64-68(50,51)52)45(66-70(56,57)58)44(41(42)49)65-69(53,54)55/h13-16,37,40-45,48-49H,3-12,17-36H2,1-2H3,(H,59,60)(H2,50,51,52)(H2,53,54,55)(H2,56,57,58)/b15-13-,16-14-/t37-,40?,41?,42?,43+,44?,45?/m1/s1. The Morgan fingerprint density at radius 1 is 0.437 bits per heavy atom. The highest BCUT2D eigenvalue weighted by atomic mass is 31.2. The van der Waals surface area contributed by atoms with Crippen LogP contribution in [0.1, 0.15) is 194 Å². The Balaban J connectivity index is 2.88. The van der Waals surface area contributed by atoms with Gasteiger partial charge in [-0.05, 0) is 64.2 Å². The molecule has 26 heteroatoms. The second-order valence-electron chi connectivity index (χ2n) is 18.0. The van der Waals surface area contributed by atoms with Crippen LogP contribution in [-0.4, -0.2) is 112 Å². The molecule has 1 rings (SSSR count). The van der Waals surface area contributed by atoms with Gasteiger partial charge in [0.15, 0.2) is 6.10 Å². The van der Waals surface area contributed by atoms with Crippen molar-refractivity contribution in [3.05, 3.63) is 24.3 Å². The van der Waals surface area contributed by atoms with Crippen molar-refractivity contribution in [3.8, 4) is 0 Å². The van der Waals surface area contributed by atoms with E-state index in [1.54, 1.807) is 0 Å². The number of allylic oxidation sites excluding steroid dienone is 4. The Morgan fingerprint density at radius 3 is 1.15 bits per heavy atom. The quantitative estimate of drug-likeness (QED) is 0.0119. The zero-order valence-corrected chi connectivity index (χ0v) is 45.3.